The molecule has 1 aromatic heterocycles. The molecule has 0 aliphatic carbocycles. The molecular formula is C21H14N2. The summed E-state index contributed by atoms with van der Waals surface area (Å²) in [7, 11) is 0. The number of nitrogens with one attached hydrogen (secondary N) is 1. The molecule has 23 heavy (non-hydrogen) atoms. The maximum absolute atomic E-state index is 4.83. The SMILES string of the molecule is c1ccc2c(-c3nc4ccccc4[nH]3)c3ccccc3cc2c1. The Labute approximate surface area is 133 Å². The van der Waals surface area contributed by atoms with Crippen molar-refractivity contribution < 1.29 is 0 Å². The Morgan fingerprint density at radius 2 is 1.26 bits per heavy atom. The lowest BCUT2D eigenvalue weighted by molar-refractivity contribution is 1.35. The molecule has 0 spiro atoms. The second-order valence-corrected chi connectivity index (χ2v) is 5.80. The summed E-state index contributed by atoms with van der Waals surface area (Å²) in [6.07, 6.45) is 0. The number of para-hydroxylation sites is 2. The molecule has 0 saturated carbocycles. The summed E-state index contributed by atoms with van der Waals surface area (Å²) in [4.78, 5) is 8.31. The molecule has 4 aromatic carbocycles. The van der Waals surface area contributed by atoms with Gasteiger partial charge in [-0.25, -0.2) is 4.98 Å². The first kappa shape index (κ1) is 12.4. The zero-order valence-corrected chi connectivity index (χ0v) is 12.5. The molecule has 2 heteroatoms. The van der Waals surface area contributed by atoms with Crippen molar-refractivity contribution in [3.63, 3.8) is 0 Å². The quantitative estimate of drug-likeness (QED) is 0.404. The molecule has 1 heterocycles. The van der Waals surface area contributed by atoms with Gasteiger partial charge in [0, 0.05) is 5.56 Å². The molecule has 0 saturated heterocycles. The van der Waals surface area contributed by atoms with Crippen LogP contribution in [0, 0.1) is 0 Å². The third kappa shape index (κ3) is 1.85. The van der Waals surface area contributed by atoms with Crippen molar-refractivity contribution in [1.29, 1.82) is 0 Å². The van der Waals surface area contributed by atoms with Crippen molar-refractivity contribution >= 4 is 32.6 Å². The molecule has 108 valence electrons. The monoisotopic (exact) mass is 294 g/mol. The summed E-state index contributed by atoms with van der Waals surface area (Å²) in [6, 6.07) is 27.4. The highest BCUT2D eigenvalue weighted by Crippen LogP contribution is 2.35. The first-order valence-corrected chi connectivity index (χ1v) is 7.76. The molecule has 0 fully saturated rings. The van der Waals surface area contributed by atoms with Crippen molar-refractivity contribution in [1.82, 2.24) is 9.97 Å². The minimum atomic E-state index is 0.930. The molecule has 0 aliphatic rings. The number of hydrogen-bond acceptors (Lipinski definition) is 1. The number of fused-ring (bicyclic) bond motifs is 3. The fourth-order valence-corrected chi connectivity index (χ4v) is 3.34. The van der Waals surface area contributed by atoms with E-state index >= 15 is 0 Å². The van der Waals surface area contributed by atoms with Gasteiger partial charge in [0.15, 0.2) is 0 Å². The van der Waals surface area contributed by atoms with Gasteiger partial charge < -0.3 is 4.98 Å². The van der Waals surface area contributed by atoms with E-state index in [-0.39, 0.29) is 0 Å². The van der Waals surface area contributed by atoms with Crippen LogP contribution in [0.1, 0.15) is 0 Å². The highest BCUT2D eigenvalue weighted by Gasteiger charge is 2.12. The predicted molar refractivity (Wildman–Crippen MR) is 96.5 cm³/mol. The predicted octanol–water partition coefficient (Wildman–Crippen LogP) is 5.54. The third-order valence-electron chi connectivity index (χ3n) is 4.40. The van der Waals surface area contributed by atoms with E-state index in [1.54, 1.807) is 0 Å². The molecule has 0 atom stereocenters. The van der Waals surface area contributed by atoms with Crippen LogP contribution in [-0.2, 0) is 0 Å². The fraction of sp³-hybridized carbons (Fsp3) is 0. The standard InChI is InChI=1S/C21H14N2/c1-3-9-16-14(7-1)13-15-8-2-4-10-17(15)20(16)21-22-18-11-5-6-12-19(18)23-21/h1-13H,(H,22,23). The van der Waals surface area contributed by atoms with Gasteiger partial charge in [-0.15, -0.1) is 0 Å². The van der Waals surface area contributed by atoms with Crippen LogP contribution in [0.3, 0.4) is 0 Å². The van der Waals surface area contributed by atoms with Crippen molar-refractivity contribution in [3.8, 4) is 11.4 Å². The van der Waals surface area contributed by atoms with Gasteiger partial charge in [0.05, 0.1) is 11.0 Å². The Morgan fingerprint density at radius 3 is 1.96 bits per heavy atom. The summed E-state index contributed by atoms with van der Waals surface area (Å²) in [6.45, 7) is 0. The Balaban J connectivity index is 1.97. The largest absolute Gasteiger partial charge is 0.338 e. The van der Waals surface area contributed by atoms with E-state index in [1.807, 2.05) is 18.2 Å². The van der Waals surface area contributed by atoms with Crippen LogP contribution in [0.5, 0.6) is 0 Å². The minimum absolute atomic E-state index is 0.930. The van der Waals surface area contributed by atoms with E-state index in [0.29, 0.717) is 0 Å². The summed E-state index contributed by atoms with van der Waals surface area (Å²) < 4.78 is 0. The van der Waals surface area contributed by atoms with Crippen LogP contribution in [0.25, 0.3) is 44.0 Å². The maximum Gasteiger partial charge on any atom is 0.139 e. The van der Waals surface area contributed by atoms with Crippen LogP contribution in [0.4, 0.5) is 0 Å². The van der Waals surface area contributed by atoms with Crippen molar-refractivity contribution in [2.75, 3.05) is 0 Å². The van der Waals surface area contributed by atoms with Crippen molar-refractivity contribution in [2.45, 2.75) is 0 Å². The average Bonchev–Trinajstić information content (AvgIpc) is 3.03. The number of aromatic amines is 1. The zero-order valence-electron chi connectivity index (χ0n) is 12.5. The molecule has 0 radical (unpaired) electrons. The first-order valence-electron chi connectivity index (χ1n) is 7.76. The maximum atomic E-state index is 4.83. The third-order valence-corrected chi connectivity index (χ3v) is 4.40. The Hall–Kier alpha value is -3.13. The highest BCUT2D eigenvalue weighted by molar-refractivity contribution is 6.12. The zero-order chi connectivity index (χ0) is 15.2. The van der Waals surface area contributed by atoms with Crippen molar-refractivity contribution in [2.24, 2.45) is 0 Å². The summed E-state index contributed by atoms with van der Waals surface area (Å²) in [5.41, 5.74) is 3.24. The van der Waals surface area contributed by atoms with Crippen LogP contribution in [0.2, 0.25) is 0 Å². The van der Waals surface area contributed by atoms with Gasteiger partial charge in [0.1, 0.15) is 5.82 Å². The summed E-state index contributed by atoms with van der Waals surface area (Å²) in [5, 5.41) is 4.93. The second-order valence-electron chi connectivity index (χ2n) is 5.80. The number of rotatable bonds is 1. The van der Waals surface area contributed by atoms with Crippen LogP contribution < -0.4 is 0 Å². The normalized spacial score (nSPS) is 11.5. The lowest BCUT2D eigenvalue weighted by Crippen LogP contribution is -1.87. The lowest BCUT2D eigenvalue weighted by Gasteiger charge is -2.09. The number of imidazole rings is 1. The number of aromatic nitrogens is 2. The summed E-state index contributed by atoms with van der Waals surface area (Å²) >= 11 is 0. The van der Waals surface area contributed by atoms with E-state index in [2.05, 4.69) is 65.6 Å². The smallest absolute Gasteiger partial charge is 0.139 e. The molecular weight excluding hydrogens is 280 g/mol. The topological polar surface area (TPSA) is 28.7 Å². The van der Waals surface area contributed by atoms with Crippen LogP contribution in [0.15, 0.2) is 78.9 Å². The van der Waals surface area contributed by atoms with Crippen LogP contribution >= 0.6 is 0 Å². The molecule has 2 nitrogen and oxygen atoms in total. The van der Waals surface area contributed by atoms with E-state index in [0.717, 1.165) is 16.9 Å². The highest BCUT2D eigenvalue weighted by atomic mass is 14.9. The van der Waals surface area contributed by atoms with Gasteiger partial charge in [-0.2, -0.15) is 0 Å². The molecule has 5 rings (SSSR count). The fourth-order valence-electron chi connectivity index (χ4n) is 3.34. The number of H-pyrrole nitrogens is 1. The van der Waals surface area contributed by atoms with Gasteiger partial charge >= 0.3 is 0 Å². The Kier molecular flexibility index (Phi) is 2.53. The van der Waals surface area contributed by atoms with Gasteiger partial charge in [-0.05, 0) is 39.7 Å². The molecule has 0 amide bonds. The van der Waals surface area contributed by atoms with Crippen molar-refractivity contribution in [3.05, 3.63) is 78.9 Å². The average molecular weight is 294 g/mol. The summed E-state index contributed by atoms with van der Waals surface area (Å²) in [5.74, 6) is 0.930. The Morgan fingerprint density at radius 1 is 0.652 bits per heavy atom. The van der Waals surface area contributed by atoms with Gasteiger partial charge in [-0.3, -0.25) is 0 Å². The molecule has 5 aromatic rings. The van der Waals surface area contributed by atoms with E-state index in [1.165, 1.54) is 27.1 Å². The first-order chi connectivity index (χ1) is 11.4. The van der Waals surface area contributed by atoms with Crippen LogP contribution in [-0.4, -0.2) is 9.97 Å². The molecule has 1 N–H and O–H groups in total. The minimum Gasteiger partial charge on any atom is -0.338 e. The van der Waals surface area contributed by atoms with Gasteiger partial charge in [0.2, 0.25) is 0 Å². The number of benzene rings is 4. The van der Waals surface area contributed by atoms with E-state index < -0.39 is 0 Å². The Bertz CT molecular complexity index is 1080. The molecule has 0 bridgehead atoms. The molecule has 0 unspecified atom stereocenters. The van der Waals surface area contributed by atoms with Gasteiger partial charge in [-0.1, -0.05) is 60.7 Å². The number of hydrogen-bond donors (Lipinski definition) is 1. The number of nitrogens with zero attached hydrogens (tertiary/aromatic N) is 1. The molecule has 0 aliphatic heterocycles. The second kappa shape index (κ2) is 4.68. The van der Waals surface area contributed by atoms with E-state index in [9.17, 15) is 0 Å². The van der Waals surface area contributed by atoms with Gasteiger partial charge in [0.25, 0.3) is 0 Å². The lowest BCUT2D eigenvalue weighted by atomic mass is 9.96. The van der Waals surface area contributed by atoms with E-state index in [4.69, 9.17) is 4.98 Å².